The summed E-state index contributed by atoms with van der Waals surface area (Å²) in [5.41, 5.74) is 7.17. The van der Waals surface area contributed by atoms with Gasteiger partial charge in [-0.05, 0) is 33.8 Å². The fraction of sp³-hybridized carbons (Fsp3) is 0.333. The monoisotopic (exact) mass is 301 g/mol. The third-order valence-electron chi connectivity index (χ3n) is 2.59. The van der Waals surface area contributed by atoms with Crippen LogP contribution >= 0.6 is 0 Å². The van der Waals surface area contributed by atoms with Gasteiger partial charge in [0, 0.05) is 17.8 Å². The fourth-order valence-electron chi connectivity index (χ4n) is 1.82. The van der Waals surface area contributed by atoms with Gasteiger partial charge in [0.1, 0.15) is 17.2 Å². The van der Waals surface area contributed by atoms with Crippen molar-refractivity contribution < 1.29 is 9.53 Å². The molecule has 7 heteroatoms. The molecule has 0 saturated carbocycles. The van der Waals surface area contributed by atoms with E-state index in [1.165, 1.54) is 0 Å². The second kappa shape index (κ2) is 5.97. The first kappa shape index (κ1) is 15.7. The van der Waals surface area contributed by atoms with E-state index >= 15 is 0 Å². The van der Waals surface area contributed by atoms with E-state index in [1.54, 1.807) is 52.2 Å². The van der Waals surface area contributed by atoms with Crippen molar-refractivity contribution in [2.45, 2.75) is 33.3 Å². The minimum atomic E-state index is -0.579. The molecule has 0 fully saturated rings. The zero-order valence-corrected chi connectivity index (χ0v) is 13.0. The van der Waals surface area contributed by atoms with E-state index in [4.69, 9.17) is 10.5 Å². The van der Waals surface area contributed by atoms with E-state index in [1.807, 2.05) is 0 Å². The van der Waals surface area contributed by atoms with Crippen LogP contribution in [0, 0.1) is 6.92 Å². The highest BCUT2D eigenvalue weighted by Crippen LogP contribution is 2.24. The first-order valence-corrected chi connectivity index (χ1v) is 6.80. The fourth-order valence-corrected chi connectivity index (χ4v) is 1.82. The van der Waals surface area contributed by atoms with Crippen molar-refractivity contribution >= 4 is 17.6 Å². The minimum absolute atomic E-state index is 0.355. The zero-order valence-electron chi connectivity index (χ0n) is 13.0. The highest BCUT2D eigenvalue weighted by Gasteiger charge is 2.17. The van der Waals surface area contributed by atoms with Crippen LogP contribution < -0.4 is 11.1 Å². The molecule has 0 saturated heterocycles. The number of rotatable bonds is 2. The van der Waals surface area contributed by atoms with Crippen LogP contribution in [0.1, 0.15) is 26.6 Å². The second-order valence-corrected chi connectivity index (χ2v) is 5.78. The Kier molecular flexibility index (Phi) is 4.25. The maximum atomic E-state index is 11.8. The molecule has 2 aromatic rings. The van der Waals surface area contributed by atoms with Gasteiger partial charge in [-0.3, -0.25) is 10.3 Å². The van der Waals surface area contributed by atoms with Crippen molar-refractivity contribution in [3.8, 4) is 11.3 Å². The van der Waals surface area contributed by atoms with E-state index in [0.717, 1.165) is 5.56 Å². The van der Waals surface area contributed by atoms with Gasteiger partial charge in [0.2, 0.25) is 0 Å². The Hall–Kier alpha value is -2.70. The first-order valence-electron chi connectivity index (χ1n) is 6.80. The van der Waals surface area contributed by atoms with Crippen molar-refractivity contribution in [1.29, 1.82) is 0 Å². The van der Waals surface area contributed by atoms with E-state index < -0.39 is 11.7 Å². The standard InChI is InChI=1S/C15H19N5O2/c1-9-18-12(10-5-6-17-8-11(10)16)7-13(19-9)20-14(21)22-15(2,3)4/h5-8H,16H2,1-4H3,(H,18,19,20,21). The number of carbonyl (C=O) groups is 1. The molecular formula is C15H19N5O2. The summed E-state index contributed by atoms with van der Waals surface area (Å²) in [6.45, 7) is 7.11. The lowest BCUT2D eigenvalue weighted by atomic mass is 10.1. The minimum Gasteiger partial charge on any atom is -0.444 e. The molecule has 0 aliphatic rings. The summed E-state index contributed by atoms with van der Waals surface area (Å²) in [5.74, 6) is 0.868. The molecule has 0 spiro atoms. The number of hydrogen-bond acceptors (Lipinski definition) is 6. The van der Waals surface area contributed by atoms with Gasteiger partial charge in [-0.15, -0.1) is 0 Å². The van der Waals surface area contributed by atoms with Crippen LogP contribution in [0.15, 0.2) is 24.5 Å². The van der Waals surface area contributed by atoms with E-state index in [-0.39, 0.29) is 0 Å². The topological polar surface area (TPSA) is 103 Å². The molecule has 22 heavy (non-hydrogen) atoms. The Morgan fingerprint density at radius 1 is 1.32 bits per heavy atom. The third kappa shape index (κ3) is 4.15. The highest BCUT2D eigenvalue weighted by molar-refractivity contribution is 5.85. The van der Waals surface area contributed by atoms with Crippen LogP contribution in [0.5, 0.6) is 0 Å². The summed E-state index contributed by atoms with van der Waals surface area (Å²) in [4.78, 5) is 24.3. The van der Waals surface area contributed by atoms with Gasteiger partial charge >= 0.3 is 6.09 Å². The molecule has 0 radical (unpaired) electrons. The molecule has 3 N–H and O–H groups in total. The van der Waals surface area contributed by atoms with Crippen molar-refractivity contribution in [2.24, 2.45) is 0 Å². The van der Waals surface area contributed by atoms with Gasteiger partial charge in [0.05, 0.1) is 17.6 Å². The lowest BCUT2D eigenvalue weighted by Gasteiger charge is -2.19. The summed E-state index contributed by atoms with van der Waals surface area (Å²) < 4.78 is 5.21. The molecule has 0 aliphatic carbocycles. The van der Waals surface area contributed by atoms with Crippen LogP contribution in [-0.2, 0) is 4.74 Å². The Morgan fingerprint density at radius 3 is 2.68 bits per heavy atom. The van der Waals surface area contributed by atoms with Crippen LogP contribution in [-0.4, -0.2) is 26.6 Å². The maximum absolute atomic E-state index is 11.8. The zero-order chi connectivity index (χ0) is 16.3. The SMILES string of the molecule is Cc1nc(NC(=O)OC(C)(C)C)cc(-c2ccncc2N)n1. The van der Waals surface area contributed by atoms with E-state index in [2.05, 4.69) is 20.3 Å². The van der Waals surface area contributed by atoms with Gasteiger partial charge in [-0.25, -0.2) is 14.8 Å². The maximum Gasteiger partial charge on any atom is 0.413 e. The smallest absolute Gasteiger partial charge is 0.413 e. The molecule has 0 bridgehead atoms. The van der Waals surface area contributed by atoms with Crippen molar-refractivity contribution in [3.63, 3.8) is 0 Å². The predicted octanol–water partition coefficient (Wildman–Crippen LogP) is 2.78. The number of nitrogens with one attached hydrogen (secondary N) is 1. The van der Waals surface area contributed by atoms with Crippen molar-refractivity contribution in [2.75, 3.05) is 11.1 Å². The Bertz CT molecular complexity index is 695. The molecule has 2 heterocycles. The van der Waals surface area contributed by atoms with E-state index in [0.29, 0.717) is 23.0 Å². The number of aromatic nitrogens is 3. The van der Waals surface area contributed by atoms with Crippen molar-refractivity contribution in [3.05, 3.63) is 30.4 Å². The van der Waals surface area contributed by atoms with Gasteiger partial charge in [-0.2, -0.15) is 0 Å². The lowest BCUT2D eigenvalue weighted by molar-refractivity contribution is 0.0635. The number of hydrogen-bond donors (Lipinski definition) is 2. The number of aryl methyl sites for hydroxylation is 1. The summed E-state index contributed by atoms with van der Waals surface area (Å²) in [5, 5.41) is 2.60. The van der Waals surface area contributed by atoms with Crippen LogP contribution in [0.25, 0.3) is 11.3 Å². The van der Waals surface area contributed by atoms with Crippen LogP contribution in [0.4, 0.5) is 16.3 Å². The number of carbonyl (C=O) groups excluding carboxylic acids is 1. The molecule has 2 rings (SSSR count). The molecule has 0 aromatic carbocycles. The van der Waals surface area contributed by atoms with Gasteiger partial charge in [0.25, 0.3) is 0 Å². The second-order valence-electron chi connectivity index (χ2n) is 5.78. The summed E-state index contributed by atoms with van der Waals surface area (Å²) >= 11 is 0. The number of anilines is 2. The molecule has 0 unspecified atom stereocenters. The Balaban J connectivity index is 2.28. The van der Waals surface area contributed by atoms with Gasteiger partial charge in [-0.1, -0.05) is 0 Å². The summed E-state index contributed by atoms with van der Waals surface area (Å²) in [6.07, 6.45) is 2.61. The van der Waals surface area contributed by atoms with Gasteiger partial charge in [0.15, 0.2) is 0 Å². The molecule has 2 aromatic heterocycles. The largest absolute Gasteiger partial charge is 0.444 e. The summed E-state index contributed by atoms with van der Waals surface area (Å²) in [6, 6.07) is 3.40. The highest BCUT2D eigenvalue weighted by atomic mass is 16.6. The number of amides is 1. The normalized spacial score (nSPS) is 11.1. The number of pyridine rings is 1. The number of nitrogens with zero attached hydrogens (tertiary/aromatic N) is 3. The number of nitrogens with two attached hydrogens (primary N) is 1. The number of ether oxygens (including phenoxy) is 1. The molecule has 116 valence electrons. The molecule has 1 amide bonds. The Morgan fingerprint density at radius 2 is 2.05 bits per heavy atom. The van der Waals surface area contributed by atoms with E-state index in [9.17, 15) is 4.79 Å². The predicted molar refractivity (Wildman–Crippen MR) is 84.3 cm³/mol. The Labute approximate surface area is 129 Å². The van der Waals surface area contributed by atoms with Gasteiger partial charge < -0.3 is 10.5 Å². The number of nitrogen functional groups attached to an aromatic ring is 1. The molecular weight excluding hydrogens is 282 g/mol. The average molecular weight is 301 g/mol. The molecule has 0 atom stereocenters. The quantitative estimate of drug-likeness (QED) is 0.884. The molecule has 0 aliphatic heterocycles. The first-order chi connectivity index (χ1) is 10.2. The third-order valence-corrected chi connectivity index (χ3v) is 2.59. The molecule has 7 nitrogen and oxygen atoms in total. The lowest BCUT2D eigenvalue weighted by Crippen LogP contribution is -2.27. The summed E-state index contributed by atoms with van der Waals surface area (Å²) in [7, 11) is 0. The van der Waals surface area contributed by atoms with Crippen LogP contribution in [0.3, 0.4) is 0 Å². The van der Waals surface area contributed by atoms with Crippen LogP contribution in [0.2, 0.25) is 0 Å². The van der Waals surface area contributed by atoms with Crippen molar-refractivity contribution in [1.82, 2.24) is 15.0 Å². The average Bonchev–Trinajstić information content (AvgIpc) is 2.35.